The topological polar surface area (TPSA) is 88.4 Å². The summed E-state index contributed by atoms with van der Waals surface area (Å²) in [6.45, 7) is 9.76. The molecule has 1 rings (SSSR count). The van der Waals surface area contributed by atoms with E-state index in [1.54, 1.807) is 6.92 Å². The molecule has 1 N–H and O–H groups in total. The molecule has 1 fully saturated rings. The summed E-state index contributed by atoms with van der Waals surface area (Å²) in [4.78, 5) is 28.1. The average molecular weight is 342 g/mol. The van der Waals surface area contributed by atoms with Crippen molar-refractivity contribution in [2.75, 3.05) is 6.61 Å². The van der Waals surface area contributed by atoms with Crippen molar-refractivity contribution in [2.45, 2.75) is 51.3 Å². The molecule has 134 valence electrons. The quantitative estimate of drug-likeness (QED) is 0.502. The van der Waals surface area contributed by atoms with Crippen LogP contribution in [-0.2, 0) is 19.1 Å². The molecule has 0 aliphatic carbocycles. The number of esters is 1. The van der Waals surface area contributed by atoms with Crippen molar-refractivity contribution in [2.24, 2.45) is 4.99 Å². The van der Waals surface area contributed by atoms with Gasteiger partial charge in [-0.15, -0.1) is 0 Å². The number of aliphatic hydroxyl groups is 1. The van der Waals surface area contributed by atoms with Crippen molar-refractivity contribution >= 4 is 18.0 Å². The molecule has 24 heavy (non-hydrogen) atoms. The average Bonchev–Trinajstić information content (AvgIpc) is 2.83. The lowest BCUT2D eigenvalue weighted by Crippen LogP contribution is -2.42. The smallest absolute Gasteiger partial charge is 0.306 e. The van der Waals surface area contributed by atoms with Gasteiger partial charge in [0.1, 0.15) is 17.7 Å². The van der Waals surface area contributed by atoms with Crippen molar-refractivity contribution in [3.63, 3.8) is 0 Å². The van der Waals surface area contributed by atoms with Crippen LogP contribution in [0.2, 0.25) is 0 Å². The predicted molar refractivity (Wildman–Crippen MR) is 85.8 cm³/mol. The summed E-state index contributed by atoms with van der Waals surface area (Å²) in [7, 11) is 0. The molecule has 0 radical (unpaired) electrons. The van der Waals surface area contributed by atoms with E-state index in [1.165, 1.54) is 24.2 Å². The molecule has 4 atom stereocenters. The van der Waals surface area contributed by atoms with Crippen LogP contribution in [0.5, 0.6) is 0 Å². The zero-order valence-electron chi connectivity index (χ0n) is 13.9. The number of aliphatic hydroxyl groups excluding tert-OH is 1. The zero-order chi connectivity index (χ0) is 18.3. The molecule has 1 unspecified atom stereocenters. The van der Waals surface area contributed by atoms with Crippen LogP contribution < -0.4 is 0 Å². The second-order valence-electron chi connectivity index (χ2n) is 5.24. The Kier molecular flexibility index (Phi) is 7.73. The summed E-state index contributed by atoms with van der Waals surface area (Å²) >= 11 is 0. The lowest BCUT2D eigenvalue weighted by atomic mass is 10.1. The Labute approximate surface area is 140 Å². The van der Waals surface area contributed by atoms with Gasteiger partial charge in [0.05, 0.1) is 13.0 Å². The van der Waals surface area contributed by atoms with E-state index in [0.717, 1.165) is 0 Å². The van der Waals surface area contributed by atoms with E-state index in [2.05, 4.69) is 18.2 Å². The second kappa shape index (κ2) is 9.29. The first-order valence-electron chi connectivity index (χ1n) is 7.53. The van der Waals surface area contributed by atoms with Gasteiger partial charge in [-0.2, -0.15) is 0 Å². The molecule has 0 amide bonds. The molecule has 0 saturated carbocycles. The number of ether oxygens (including phenoxy) is 2. The molecule has 0 aromatic carbocycles. The van der Waals surface area contributed by atoms with Crippen molar-refractivity contribution in [3.8, 4) is 0 Å². The molecule has 1 heterocycles. The number of Topliss-reactive ketones (excluding diaryl/α,β-unsaturated/α-hetero) is 1. The van der Waals surface area contributed by atoms with E-state index >= 15 is 0 Å². The van der Waals surface area contributed by atoms with Crippen LogP contribution in [0, 0.1) is 0 Å². The Morgan fingerprint density at radius 1 is 1.46 bits per heavy atom. The number of ketones is 1. The molecular formula is C16H23FN2O5. The van der Waals surface area contributed by atoms with Crippen LogP contribution in [0.4, 0.5) is 4.39 Å². The monoisotopic (exact) mass is 342 g/mol. The lowest BCUT2D eigenvalue weighted by Gasteiger charge is -2.30. The Bertz CT molecular complexity index is 523. The van der Waals surface area contributed by atoms with Crippen molar-refractivity contribution in [3.05, 3.63) is 25.2 Å². The lowest BCUT2D eigenvalue weighted by molar-refractivity contribution is -0.158. The van der Waals surface area contributed by atoms with Crippen LogP contribution in [-0.4, -0.2) is 59.2 Å². The number of nitrogens with zero attached hydrogens (tertiary/aromatic N) is 2. The van der Waals surface area contributed by atoms with Crippen LogP contribution in [0.25, 0.3) is 0 Å². The predicted octanol–water partition coefficient (Wildman–Crippen LogP) is 1.33. The minimum atomic E-state index is -1.73. The maximum atomic E-state index is 14.4. The molecule has 1 aliphatic heterocycles. The molecular weight excluding hydrogens is 319 g/mol. The summed E-state index contributed by atoms with van der Waals surface area (Å²) in [5.74, 6) is -0.679. The standard InChI is InChI=1S/C16H23FN2O5/c1-5-18-11(4)19(6-2)16-15(14(17)12(9-20)23-16)24-13(22)8-7-10(3)21/h5-6,12,14-16,20H,2,4,7-9H2,1,3H3/t12-,14+,15?,16-/m1/s1. The van der Waals surface area contributed by atoms with Gasteiger partial charge < -0.3 is 24.3 Å². The normalized spacial score (nSPS) is 26.3. The minimum absolute atomic E-state index is 0.00939. The Hall–Kier alpha value is -2.06. The Morgan fingerprint density at radius 3 is 2.62 bits per heavy atom. The number of hydrogen-bond acceptors (Lipinski definition) is 7. The van der Waals surface area contributed by atoms with Crippen molar-refractivity contribution in [1.29, 1.82) is 0 Å². The van der Waals surface area contributed by atoms with Crippen molar-refractivity contribution < 1.29 is 28.6 Å². The van der Waals surface area contributed by atoms with Crippen molar-refractivity contribution in [1.82, 2.24) is 4.90 Å². The molecule has 7 nitrogen and oxygen atoms in total. The van der Waals surface area contributed by atoms with E-state index in [-0.39, 0.29) is 24.4 Å². The summed E-state index contributed by atoms with van der Waals surface area (Å²) < 4.78 is 25.0. The third kappa shape index (κ3) is 4.97. The number of carbonyl (C=O) groups excluding carboxylic acids is 2. The minimum Gasteiger partial charge on any atom is -0.454 e. The van der Waals surface area contributed by atoms with Gasteiger partial charge in [0.2, 0.25) is 0 Å². The Balaban J connectivity index is 2.93. The third-order valence-electron chi connectivity index (χ3n) is 3.44. The number of halogens is 1. The maximum absolute atomic E-state index is 14.4. The summed E-state index contributed by atoms with van der Waals surface area (Å²) in [5, 5.41) is 9.23. The first-order chi connectivity index (χ1) is 11.3. The molecule has 0 spiro atoms. The maximum Gasteiger partial charge on any atom is 0.306 e. The molecule has 0 aromatic rings. The van der Waals surface area contributed by atoms with Crippen LogP contribution in [0.1, 0.15) is 26.7 Å². The van der Waals surface area contributed by atoms with Gasteiger partial charge >= 0.3 is 5.97 Å². The summed E-state index contributed by atoms with van der Waals surface area (Å²) in [6.07, 6.45) is -2.59. The fourth-order valence-corrected chi connectivity index (χ4v) is 2.25. The van der Waals surface area contributed by atoms with Crippen LogP contribution in [0.15, 0.2) is 30.2 Å². The van der Waals surface area contributed by atoms with E-state index < -0.39 is 37.2 Å². The highest BCUT2D eigenvalue weighted by Crippen LogP contribution is 2.31. The number of carbonyl (C=O) groups is 2. The number of aliphatic imine (C=N–C) groups is 1. The van der Waals surface area contributed by atoms with E-state index in [4.69, 9.17) is 9.47 Å². The van der Waals surface area contributed by atoms with E-state index in [0.29, 0.717) is 0 Å². The van der Waals surface area contributed by atoms with Gasteiger partial charge in [0.15, 0.2) is 18.5 Å². The van der Waals surface area contributed by atoms with Gasteiger partial charge in [-0.3, -0.25) is 4.79 Å². The Morgan fingerprint density at radius 2 is 2.12 bits per heavy atom. The fraction of sp³-hybridized carbons (Fsp3) is 0.562. The highest BCUT2D eigenvalue weighted by atomic mass is 19.1. The van der Waals surface area contributed by atoms with Gasteiger partial charge in [-0.1, -0.05) is 13.2 Å². The molecule has 0 bridgehead atoms. The number of rotatable bonds is 9. The fourth-order valence-electron chi connectivity index (χ4n) is 2.25. The first-order valence-corrected chi connectivity index (χ1v) is 7.53. The molecule has 0 aromatic heterocycles. The number of alkyl halides is 1. The first kappa shape index (κ1) is 20.0. The SMILES string of the molecule is C=CN(C(=C)N=CC)[C@@H]1O[C@H](CO)[C@H](F)C1OC(=O)CCC(C)=O. The van der Waals surface area contributed by atoms with Crippen LogP contribution in [0.3, 0.4) is 0 Å². The highest BCUT2D eigenvalue weighted by molar-refractivity contribution is 5.81. The van der Waals surface area contributed by atoms with Gasteiger partial charge in [0, 0.05) is 18.8 Å². The van der Waals surface area contributed by atoms with E-state index in [9.17, 15) is 19.1 Å². The van der Waals surface area contributed by atoms with Gasteiger partial charge in [-0.25, -0.2) is 9.38 Å². The third-order valence-corrected chi connectivity index (χ3v) is 3.44. The largest absolute Gasteiger partial charge is 0.454 e. The number of hydrogen-bond donors (Lipinski definition) is 1. The van der Waals surface area contributed by atoms with Gasteiger partial charge in [0.25, 0.3) is 0 Å². The second-order valence-corrected chi connectivity index (χ2v) is 5.24. The molecule has 1 aliphatic rings. The molecule has 1 saturated heterocycles. The van der Waals surface area contributed by atoms with Gasteiger partial charge in [-0.05, 0) is 13.8 Å². The van der Waals surface area contributed by atoms with Crippen LogP contribution >= 0.6 is 0 Å². The zero-order valence-corrected chi connectivity index (χ0v) is 13.9. The van der Waals surface area contributed by atoms with E-state index in [1.807, 2.05) is 0 Å². The summed E-state index contributed by atoms with van der Waals surface area (Å²) in [5.41, 5.74) is 0. The molecule has 8 heteroatoms. The highest BCUT2D eigenvalue weighted by Gasteiger charge is 2.49. The summed E-state index contributed by atoms with van der Waals surface area (Å²) in [6, 6.07) is 0.